The van der Waals surface area contributed by atoms with Crippen LogP contribution in [0.25, 0.3) is 11.0 Å². The molecule has 5 rings (SSSR count). The summed E-state index contributed by atoms with van der Waals surface area (Å²) in [7, 11) is 0. The van der Waals surface area contributed by atoms with Crippen molar-refractivity contribution >= 4 is 28.4 Å². The van der Waals surface area contributed by atoms with Gasteiger partial charge < -0.3 is 10.2 Å². The van der Waals surface area contributed by atoms with Gasteiger partial charge in [0.2, 0.25) is 5.95 Å². The highest BCUT2D eigenvalue weighted by Crippen LogP contribution is 2.23. The van der Waals surface area contributed by atoms with Crippen molar-refractivity contribution in [3.63, 3.8) is 0 Å². The second kappa shape index (κ2) is 8.83. The van der Waals surface area contributed by atoms with Gasteiger partial charge in [-0.15, -0.1) is 0 Å². The van der Waals surface area contributed by atoms with Crippen LogP contribution in [0.15, 0.2) is 71.7 Å². The van der Waals surface area contributed by atoms with Crippen LogP contribution < -0.4 is 15.8 Å². The Morgan fingerprint density at radius 2 is 1.78 bits per heavy atom. The Morgan fingerprint density at radius 3 is 2.56 bits per heavy atom. The Labute approximate surface area is 187 Å². The number of piperidine rings is 1. The average Bonchev–Trinajstić information content (AvgIpc) is 2.82. The van der Waals surface area contributed by atoms with E-state index in [4.69, 9.17) is 4.98 Å². The van der Waals surface area contributed by atoms with Gasteiger partial charge in [0, 0.05) is 42.1 Å². The van der Waals surface area contributed by atoms with Gasteiger partial charge in [-0.25, -0.2) is 4.98 Å². The van der Waals surface area contributed by atoms with Gasteiger partial charge in [-0.05, 0) is 62.1 Å². The molecule has 0 radical (unpaired) electrons. The maximum atomic E-state index is 12.7. The van der Waals surface area contributed by atoms with Gasteiger partial charge in [0.25, 0.3) is 5.56 Å². The number of rotatable bonds is 5. The molecular formula is C26H27N5O. The number of pyridine rings is 1. The number of benzene rings is 2. The first-order valence-electron chi connectivity index (χ1n) is 11.2. The summed E-state index contributed by atoms with van der Waals surface area (Å²) >= 11 is 0. The molecule has 2 aromatic carbocycles. The zero-order chi connectivity index (χ0) is 21.9. The highest BCUT2D eigenvalue weighted by atomic mass is 16.1. The molecule has 4 aromatic rings. The Bertz CT molecular complexity index is 1290. The molecule has 0 unspecified atom stereocenters. The SMILES string of the molecule is Cc1cccc(Cn2c(=O)ccc3cnc(Nc4ccc(N5CCCCC5)cc4)nc32)c1. The summed E-state index contributed by atoms with van der Waals surface area (Å²) in [6.45, 7) is 4.77. The fraction of sp³-hybridized carbons (Fsp3) is 0.269. The van der Waals surface area contributed by atoms with Crippen LogP contribution in [0.3, 0.4) is 0 Å². The molecule has 1 saturated heterocycles. The van der Waals surface area contributed by atoms with E-state index in [1.165, 1.54) is 30.5 Å². The van der Waals surface area contributed by atoms with E-state index in [0.29, 0.717) is 18.1 Å². The predicted octanol–water partition coefficient (Wildman–Crippen LogP) is 4.88. The van der Waals surface area contributed by atoms with Gasteiger partial charge in [-0.3, -0.25) is 9.36 Å². The van der Waals surface area contributed by atoms with E-state index in [1.807, 2.05) is 12.1 Å². The molecule has 0 amide bonds. The molecule has 1 aliphatic heterocycles. The van der Waals surface area contributed by atoms with Crippen molar-refractivity contribution in [2.75, 3.05) is 23.3 Å². The lowest BCUT2D eigenvalue weighted by Gasteiger charge is -2.28. The number of nitrogens with zero attached hydrogens (tertiary/aromatic N) is 4. The van der Waals surface area contributed by atoms with Gasteiger partial charge in [-0.2, -0.15) is 4.98 Å². The van der Waals surface area contributed by atoms with Gasteiger partial charge in [0.15, 0.2) is 0 Å². The Morgan fingerprint density at radius 1 is 0.969 bits per heavy atom. The second-order valence-corrected chi connectivity index (χ2v) is 8.44. The van der Waals surface area contributed by atoms with E-state index >= 15 is 0 Å². The largest absolute Gasteiger partial charge is 0.372 e. The fourth-order valence-electron chi connectivity index (χ4n) is 4.31. The smallest absolute Gasteiger partial charge is 0.252 e. The van der Waals surface area contributed by atoms with Crippen molar-refractivity contribution < 1.29 is 0 Å². The topological polar surface area (TPSA) is 63.1 Å². The maximum absolute atomic E-state index is 12.7. The molecule has 0 saturated carbocycles. The van der Waals surface area contributed by atoms with Gasteiger partial charge >= 0.3 is 0 Å². The molecule has 3 heterocycles. The summed E-state index contributed by atoms with van der Waals surface area (Å²) in [5, 5.41) is 4.13. The number of nitrogens with one attached hydrogen (secondary N) is 1. The zero-order valence-electron chi connectivity index (χ0n) is 18.3. The molecule has 0 atom stereocenters. The number of hydrogen-bond donors (Lipinski definition) is 1. The Hall–Kier alpha value is -3.67. The van der Waals surface area contributed by atoms with E-state index in [9.17, 15) is 4.79 Å². The van der Waals surface area contributed by atoms with Crippen molar-refractivity contribution in [1.82, 2.24) is 14.5 Å². The second-order valence-electron chi connectivity index (χ2n) is 8.44. The number of hydrogen-bond acceptors (Lipinski definition) is 5. The summed E-state index contributed by atoms with van der Waals surface area (Å²) in [4.78, 5) is 24.2. The summed E-state index contributed by atoms with van der Waals surface area (Å²) in [6, 6.07) is 19.9. The summed E-state index contributed by atoms with van der Waals surface area (Å²) in [6.07, 6.45) is 5.60. The monoisotopic (exact) mass is 425 g/mol. The third-order valence-corrected chi connectivity index (χ3v) is 5.99. The number of fused-ring (bicyclic) bond motifs is 1. The number of aromatic nitrogens is 3. The minimum atomic E-state index is -0.0745. The quantitative estimate of drug-likeness (QED) is 0.494. The van der Waals surface area contributed by atoms with E-state index < -0.39 is 0 Å². The maximum Gasteiger partial charge on any atom is 0.252 e. The highest BCUT2D eigenvalue weighted by molar-refractivity contribution is 5.76. The van der Waals surface area contributed by atoms with Crippen molar-refractivity contribution in [3.05, 3.63) is 88.3 Å². The molecular weight excluding hydrogens is 398 g/mol. The van der Waals surface area contributed by atoms with Crippen molar-refractivity contribution in [3.8, 4) is 0 Å². The molecule has 0 spiro atoms. The van der Waals surface area contributed by atoms with Crippen LogP contribution in [-0.2, 0) is 6.54 Å². The first-order chi connectivity index (χ1) is 15.7. The van der Waals surface area contributed by atoms with Crippen LogP contribution in [0.4, 0.5) is 17.3 Å². The van der Waals surface area contributed by atoms with Crippen LogP contribution in [0.5, 0.6) is 0 Å². The molecule has 1 aliphatic rings. The standard InChI is InChI=1S/C26H27N5O/c1-19-6-5-7-20(16-19)18-31-24(32)13-8-21-17-27-26(29-25(21)31)28-22-9-11-23(12-10-22)30-14-3-2-4-15-30/h5-13,16-17H,2-4,14-15,18H2,1H3,(H,27,28,29). The zero-order valence-corrected chi connectivity index (χ0v) is 18.3. The number of anilines is 3. The van der Waals surface area contributed by atoms with Crippen LogP contribution in [0.2, 0.25) is 0 Å². The molecule has 162 valence electrons. The van der Waals surface area contributed by atoms with Crippen LogP contribution in [-0.4, -0.2) is 27.6 Å². The van der Waals surface area contributed by atoms with Gasteiger partial charge in [0.05, 0.1) is 6.54 Å². The van der Waals surface area contributed by atoms with E-state index in [0.717, 1.165) is 29.7 Å². The first-order valence-corrected chi connectivity index (χ1v) is 11.2. The Kier molecular flexibility index (Phi) is 5.58. The normalized spacial score (nSPS) is 14.0. The minimum absolute atomic E-state index is 0.0745. The van der Waals surface area contributed by atoms with E-state index in [2.05, 4.69) is 58.5 Å². The third-order valence-electron chi connectivity index (χ3n) is 5.99. The average molecular weight is 426 g/mol. The van der Waals surface area contributed by atoms with E-state index in [1.54, 1.807) is 22.9 Å². The summed E-state index contributed by atoms with van der Waals surface area (Å²) < 4.78 is 1.70. The molecule has 0 aliphatic carbocycles. The number of aryl methyl sites for hydroxylation is 1. The predicted molar refractivity (Wildman–Crippen MR) is 130 cm³/mol. The Balaban J connectivity index is 1.42. The molecule has 0 bridgehead atoms. The fourth-order valence-corrected chi connectivity index (χ4v) is 4.31. The molecule has 6 heteroatoms. The van der Waals surface area contributed by atoms with Crippen molar-refractivity contribution in [2.24, 2.45) is 0 Å². The molecule has 1 fully saturated rings. The third kappa shape index (κ3) is 4.35. The van der Waals surface area contributed by atoms with Gasteiger partial charge in [0.1, 0.15) is 5.65 Å². The van der Waals surface area contributed by atoms with E-state index in [-0.39, 0.29) is 5.56 Å². The van der Waals surface area contributed by atoms with Gasteiger partial charge in [-0.1, -0.05) is 29.8 Å². The summed E-state index contributed by atoms with van der Waals surface area (Å²) in [5.41, 5.74) is 4.97. The van der Waals surface area contributed by atoms with Crippen molar-refractivity contribution in [2.45, 2.75) is 32.7 Å². The molecule has 32 heavy (non-hydrogen) atoms. The first kappa shape index (κ1) is 20.2. The van der Waals surface area contributed by atoms with Crippen molar-refractivity contribution in [1.29, 1.82) is 0 Å². The molecule has 6 nitrogen and oxygen atoms in total. The highest BCUT2D eigenvalue weighted by Gasteiger charge is 2.11. The van der Waals surface area contributed by atoms with Crippen LogP contribution >= 0.6 is 0 Å². The molecule has 1 N–H and O–H groups in total. The molecule has 2 aromatic heterocycles. The summed E-state index contributed by atoms with van der Waals surface area (Å²) in [5.74, 6) is 0.479. The minimum Gasteiger partial charge on any atom is -0.372 e. The lowest BCUT2D eigenvalue weighted by molar-refractivity contribution is 0.578. The lowest BCUT2D eigenvalue weighted by atomic mass is 10.1. The lowest BCUT2D eigenvalue weighted by Crippen LogP contribution is -2.29. The van der Waals surface area contributed by atoms with Crippen LogP contribution in [0, 0.1) is 6.92 Å². The van der Waals surface area contributed by atoms with Crippen LogP contribution in [0.1, 0.15) is 30.4 Å².